The van der Waals surface area contributed by atoms with Gasteiger partial charge in [0, 0.05) is 25.6 Å². The third kappa shape index (κ3) is 5.77. The number of benzene rings is 1. The number of anilines is 1. The van der Waals surface area contributed by atoms with E-state index in [1.807, 2.05) is 6.07 Å². The molecule has 0 heterocycles. The van der Waals surface area contributed by atoms with Gasteiger partial charge in [0.15, 0.2) is 0 Å². The largest absolute Gasteiger partial charge is 0.508 e. The maximum atomic E-state index is 11.3. The number of phenolic OH excluding ortho intramolecular Hbond substituents is 1. The second kappa shape index (κ2) is 7.31. The van der Waals surface area contributed by atoms with Crippen molar-refractivity contribution in [2.75, 3.05) is 5.32 Å². The van der Waals surface area contributed by atoms with E-state index in [0.717, 1.165) is 11.1 Å². The van der Waals surface area contributed by atoms with E-state index in [4.69, 9.17) is 5.26 Å². The summed E-state index contributed by atoms with van der Waals surface area (Å²) < 4.78 is 0. The number of carbonyl (C=O) groups excluding carboxylic acids is 1. The van der Waals surface area contributed by atoms with E-state index < -0.39 is 0 Å². The smallest absolute Gasteiger partial charge is 0.221 e. The van der Waals surface area contributed by atoms with Gasteiger partial charge in [-0.2, -0.15) is 5.26 Å². The number of nitrogens with zero attached hydrogens (tertiary/aromatic N) is 1. The Kier molecular flexibility index (Phi) is 6.64. The number of carbonyl (C=O) groups is 1. The molecule has 1 amide bonds. The van der Waals surface area contributed by atoms with Crippen LogP contribution in [0.5, 0.6) is 5.75 Å². The summed E-state index contributed by atoms with van der Waals surface area (Å²) >= 11 is 0. The molecule has 0 aliphatic heterocycles. The van der Waals surface area contributed by atoms with Gasteiger partial charge in [-0.1, -0.05) is 41.5 Å². The van der Waals surface area contributed by atoms with E-state index in [0.29, 0.717) is 5.69 Å². The van der Waals surface area contributed by atoms with Gasteiger partial charge in [0.05, 0.1) is 6.07 Å². The lowest BCUT2D eigenvalue weighted by atomic mass is 9.79. The highest BCUT2D eigenvalue weighted by molar-refractivity contribution is 5.90. The topological polar surface area (TPSA) is 73.1 Å². The van der Waals surface area contributed by atoms with Crippen LogP contribution in [0.3, 0.4) is 0 Å². The molecule has 0 aliphatic carbocycles. The van der Waals surface area contributed by atoms with Gasteiger partial charge >= 0.3 is 0 Å². The number of hydrogen-bond donors (Lipinski definition) is 2. The van der Waals surface area contributed by atoms with Crippen molar-refractivity contribution >= 4 is 11.6 Å². The fraction of sp³-hybridized carbons (Fsp3) is 0.556. The first-order valence-electron chi connectivity index (χ1n) is 7.31. The summed E-state index contributed by atoms with van der Waals surface area (Å²) in [5.74, 6) is 0.0951. The molecule has 0 saturated heterocycles. The molecule has 0 spiro atoms. The summed E-state index contributed by atoms with van der Waals surface area (Å²) in [6.45, 7) is 15.4. The first kappa shape index (κ1) is 20.0. The van der Waals surface area contributed by atoms with E-state index >= 15 is 0 Å². The molecule has 122 valence electrons. The summed E-state index contributed by atoms with van der Waals surface area (Å²) in [5, 5.41) is 20.3. The highest BCUT2D eigenvalue weighted by atomic mass is 16.3. The number of aromatic hydroxyl groups is 1. The lowest BCUT2D eigenvalue weighted by Gasteiger charge is -2.28. The maximum Gasteiger partial charge on any atom is 0.221 e. The van der Waals surface area contributed by atoms with Gasteiger partial charge in [0.2, 0.25) is 5.91 Å². The Morgan fingerprint density at radius 1 is 1.09 bits per heavy atom. The molecule has 0 unspecified atom stereocenters. The zero-order valence-electron chi connectivity index (χ0n) is 15.0. The summed E-state index contributed by atoms with van der Waals surface area (Å²) in [7, 11) is 0. The molecule has 0 saturated carbocycles. The van der Waals surface area contributed by atoms with Crippen LogP contribution < -0.4 is 5.32 Å². The van der Waals surface area contributed by atoms with Crippen LogP contribution in [0.15, 0.2) is 12.1 Å². The summed E-state index contributed by atoms with van der Waals surface area (Å²) in [6.07, 6.45) is 0. The molecular weight excluding hydrogens is 276 g/mol. The van der Waals surface area contributed by atoms with E-state index in [-0.39, 0.29) is 22.5 Å². The minimum absolute atomic E-state index is 0.106. The van der Waals surface area contributed by atoms with Crippen LogP contribution >= 0.6 is 0 Å². The molecule has 0 radical (unpaired) electrons. The molecule has 22 heavy (non-hydrogen) atoms. The standard InChI is InChI=1S/C16H25NO2.C2H3N/c1-10(18)17-13-9-14(19)12(16(5,6)7)8-11(13)15(2,3)4;1-2-3/h8-9,19H,1-7H3,(H,17,18);1H3. The van der Waals surface area contributed by atoms with Gasteiger partial charge in [-0.05, 0) is 28.0 Å². The Morgan fingerprint density at radius 2 is 1.50 bits per heavy atom. The minimum atomic E-state index is -0.140. The average Bonchev–Trinajstić information content (AvgIpc) is 2.25. The van der Waals surface area contributed by atoms with E-state index in [9.17, 15) is 9.90 Å². The van der Waals surface area contributed by atoms with Gasteiger partial charge in [0.1, 0.15) is 5.75 Å². The predicted molar refractivity (Wildman–Crippen MR) is 91.1 cm³/mol. The lowest BCUT2D eigenvalue weighted by Crippen LogP contribution is -2.20. The molecule has 0 aromatic heterocycles. The van der Waals surface area contributed by atoms with Crippen molar-refractivity contribution in [3.8, 4) is 11.8 Å². The Hall–Kier alpha value is -2.02. The van der Waals surface area contributed by atoms with Crippen LogP contribution in [0.2, 0.25) is 0 Å². The monoisotopic (exact) mass is 304 g/mol. The summed E-state index contributed by atoms with van der Waals surface area (Å²) in [4.78, 5) is 11.3. The third-order valence-corrected chi connectivity index (χ3v) is 3.06. The van der Waals surface area contributed by atoms with Crippen LogP contribution in [0.1, 0.15) is 66.5 Å². The van der Waals surface area contributed by atoms with Gasteiger partial charge in [0.25, 0.3) is 0 Å². The van der Waals surface area contributed by atoms with Crippen molar-refractivity contribution in [2.45, 2.75) is 66.2 Å². The molecular formula is C18H28N2O2. The maximum absolute atomic E-state index is 11.3. The van der Waals surface area contributed by atoms with Crippen molar-refractivity contribution in [3.05, 3.63) is 23.3 Å². The molecule has 2 N–H and O–H groups in total. The van der Waals surface area contributed by atoms with Crippen molar-refractivity contribution in [1.29, 1.82) is 5.26 Å². The second-order valence-corrected chi connectivity index (χ2v) is 7.32. The van der Waals surface area contributed by atoms with Crippen molar-refractivity contribution in [1.82, 2.24) is 0 Å². The van der Waals surface area contributed by atoms with Gasteiger partial charge in [-0.15, -0.1) is 0 Å². The normalized spacial score (nSPS) is 11.0. The van der Waals surface area contributed by atoms with E-state index in [1.165, 1.54) is 13.8 Å². The zero-order valence-corrected chi connectivity index (χ0v) is 15.0. The number of nitriles is 1. The fourth-order valence-electron chi connectivity index (χ4n) is 2.10. The van der Waals surface area contributed by atoms with Crippen molar-refractivity contribution in [2.24, 2.45) is 0 Å². The third-order valence-electron chi connectivity index (χ3n) is 3.06. The second-order valence-electron chi connectivity index (χ2n) is 7.32. The van der Waals surface area contributed by atoms with Crippen LogP contribution in [0.25, 0.3) is 0 Å². The van der Waals surface area contributed by atoms with E-state index in [1.54, 1.807) is 12.1 Å². The van der Waals surface area contributed by atoms with Crippen molar-refractivity contribution in [3.63, 3.8) is 0 Å². The lowest BCUT2D eigenvalue weighted by molar-refractivity contribution is -0.114. The molecule has 1 rings (SSSR count). The Balaban J connectivity index is 0.00000135. The first-order valence-corrected chi connectivity index (χ1v) is 7.31. The molecule has 0 bridgehead atoms. The van der Waals surface area contributed by atoms with Crippen LogP contribution in [-0.2, 0) is 15.6 Å². The molecule has 0 aliphatic rings. The van der Waals surface area contributed by atoms with Crippen LogP contribution in [0, 0.1) is 11.3 Å². The SMILES string of the molecule is CC#N.CC(=O)Nc1cc(O)c(C(C)(C)C)cc1C(C)(C)C. The Bertz CT molecular complexity index is 570. The zero-order chi connectivity index (χ0) is 17.7. The van der Waals surface area contributed by atoms with Crippen LogP contribution in [0.4, 0.5) is 5.69 Å². The Labute approximate surface area is 134 Å². The summed E-state index contributed by atoms with van der Waals surface area (Å²) in [6, 6.07) is 5.41. The minimum Gasteiger partial charge on any atom is -0.508 e. The average molecular weight is 304 g/mol. The molecule has 4 nitrogen and oxygen atoms in total. The Morgan fingerprint density at radius 3 is 1.82 bits per heavy atom. The highest BCUT2D eigenvalue weighted by Gasteiger charge is 2.25. The number of rotatable bonds is 1. The highest BCUT2D eigenvalue weighted by Crippen LogP contribution is 2.39. The number of amides is 1. The van der Waals surface area contributed by atoms with Gasteiger partial charge < -0.3 is 10.4 Å². The molecule has 0 fully saturated rings. The van der Waals surface area contributed by atoms with Crippen LogP contribution in [-0.4, -0.2) is 11.0 Å². The molecule has 0 atom stereocenters. The predicted octanol–water partition coefficient (Wildman–Crippen LogP) is 4.48. The fourth-order valence-corrected chi connectivity index (χ4v) is 2.10. The van der Waals surface area contributed by atoms with Gasteiger partial charge in [-0.25, -0.2) is 0 Å². The molecule has 1 aromatic carbocycles. The van der Waals surface area contributed by atoms with Crippen molar-refractivity contribution < 1.29 is 9.90 Å². The number of nitrogens with one attached hydrogen (secondary N) is 1. The number of hydrogen-bond acceptors (Lipinski definition) is 3. The first-order chi connectivity index (χ1) is 9.84. The molecule has 1 aromatic rings. The molecule has 4 heteroatoms. The summed E-state index contributed by atoms with van der Waals surface area (Å²) in [5.41, 5.74) is 2.37. The number of phenols is 1. The van der Waals surface area contributed by atoms with E-state index in [2.05, 4.69) is 46.9 Å². The quantitative estimate of drug-likeness (QED) is 0.803. The van der Waals surface area contributed by atoms with Gasteiger partial charge in [-0.3, -0.25) is 4.79 Å².